The summed E-state index contributed by atoms with van der Waals surface area (Å²) >= 11 is 1.61. The maximum atomic E-state index is 13.9. The SMILES string of the molecule is Cc1csc([C@H]2CCCN2C(=O)c2cc(-c3nnc([C@](C)(N)Cc4ccccc4)o3)cc(-n3cccn3)c2)n1. The van der Waals surface area contributed by atoms with Gasteiger partial charge in [-0.25, -0.2) is 9.67 Å². The molecule has 0 aliphatic carbocycles. The van der Waals surface area contributed by atoms with E-state index in [1.165, 1.54) is 0 Å². The van der Waals surface area contributed by atoms with Crippen molar-refractivity contribution in [1.29, 1.82) is 0 Å². The Morgan fingerprint density at radius 3 is 2.77 bits per heavy atom. The van der Waals surface area contributed by atoms with Gasteiger partial charge in [0.2, 0.25) is 11.8 Å². The van der Waals surface area contributed by atoms with Crippen LogP contribution in [0.4, 0.5) is 0 Å². The summed E-state index contributed by atoms with van der Waals surface area (Å²) in [7, 11) is 0. The standard InChI is InChI=1S/C29H29N7O2S/c1-19-18-39-26(32-19)24-10-6-12-35(24)27(37)22-14-21(15-23(16-22)36-13-7-11-31-36)25-33-34-28(38-25)29(2,30)17-20-8-4-3-5-9-20/h3-5,7-9,11,13-16,18,24H,6,10,12,17,30H2,1-2H3/t24-,29-/m1/s1. The van der Waals surface area contributed by atoms with Gasteiger partial charge >= 0.3 is 0 Å². The van der Waals surface area contributed by atoms with Gasteiger partial charge in [0, 0.05) is 41.1 Å². The first-order chi connectivity index (χ1) is 18.9. The molecule has 1 amide bonds. The summed E-state index contributed by atoms with van der Waals surface area (Å²) in [6.07, 6.45) is 5.90. The first-order valence-corrected chi connectivity index (χ1v) is 13.8. The Hall–Kier alpha value is -4.15. The zero-order valence-electron chi connectivity index (χ0n) is 21.8. The number of nitrogens with zero attached hydrogens (tertiary/aromatic N) is 6. The molecule has 1 saturated heterocycles. The first kappa shape index (κ1) is 25.1. The number of nitrogens with two attached hydrogens (primary N) is 1. The van der Waals surface area contributed by atoms with E-state index in [2.05, 4.69) is 20.3 Å². The Bertz CT molecular complexity index is 1590. The highest BCUT2D eigenvalue weighted by Crippen LogP contribution is 2.36. The van der Waals surface area contributed by atoms with E-state index in [0.29, 0.717) is 35.9 Å². The number of rotatable bonds is 7. The summed E-state index contributed by atoms with van der Waals surface area (Å²) in [5.41, 5.74) is 9.69. The van der Waals surface area contributed by atoms with E-state index in [1.54, 1.807) is 28.3 Å². The Kier molecular flexibility index (Phi) is 6.58. The molecule has 2 aromatic carbocycles. The Morgan fingerprint density at radius 2 is 2.03 bits per heavy atom. The maximum absolute atomic E-state index is 13.9. The zero-order valence-corrected chi connectivity index (χ0v) is 22.6. The average molecular weight is 540 g/mol. The van der Waals surface area contributed by atoms with Gasteiger partial charge in [-0.05, 0) is 62.9 Å². The van der Waals surface area contributed by atoms with Crippen molar-refractivity contribution in [3.05, 3.63) is 100 Å². The molecule has 0 bridgehead atoms. The normalized spacial score (nSPS) is 16.9. The number of aryl methyl sites for hydroxylation is 1. The fraction of sp³-hybridized carbons (Fsp3) is 0.276. The molecular weight excluding hydrogens is 510 g/mol. The molecule has 0 spiro atoms. The number of hydrogen-bond acceptors (Lipinski definition) is 8. The molecule has 39 heavy (non-hydrogen) atoms. The van der Waals surface area contributed by atoms with Crippen LogP contribution in [0.2, 0.25) is 0 Å². The molecule has 1 fully saturated rings. The third kappa shape index (κ3) is 5.13. The molecule has 2 atom stereocenters. The summed E-state index contributed by atoms with van der Waals surface area (Å²) in [4.78, 5) is 20.5. The fourth-order valence-corrected chi connectivity index (χ4v) is 5.98. The minimum absolute atomic E-state index is 0.0287. The molecular formula is C29H29N7O2S. The van der Waals surface area contributed by atoms with Gasteiger partial charge in [-0.3, -0.25) is 4.79 Å². The van der Waals surface area contributed by atoms with Crippen LogP contribution >= 0.6 is 11.3 Å². The van der Waals surface area contributed by atoms with Gasteiger partial charge in [-0.1, -0.05) is 30.3 Å². The lowest BCUT2D eigenvalue weighted by molar-refractivity contribution is 0.0735. The van der Waals surface area contributed by atoms with Crippen LogP contribution in [-0.2, 0) is 12.0 Å². The number of amides is 1. The van der Waals surface area contributed by atoms with Gasteiger partial charge in [0.05, 0.1) is 17.3 Å². The topological polar surface area (TPSA) is 116 Å². The second-order valence-corrected chi connectivity index (χ2v) is 11.1. The predicted molar refractivity (Wildman–Crippen MR) is 148 cm³/mol. The predicted octanol–water partition coefficient (Wildman–Crippen LogP) is 5.08. The van der Waals surface area contributed by atoms with Crippen molar-refractivity contribution in [1.82, 2.24) is 29.9 Å². The van der Waals surface area contributed by atoms with Crippen LogP contribution in [0.15, 0.2) is 76.8 Å². The van der Waals surface area contributed by atoms with Crippen molar-refractivity contribution >= 4 is 17.2 Å². The van der Waals surface area contributed by atoms with E-state index in [0.717, 1.165) is 34.8 Å². The maximum Gasteiger partial charge on any atom is 0.254 e. The number of likely N-dealkylation sites (tertiary alicyclic amines) is 1. The Labute approximate surface area is 230 Å². The van der Waals surface area contributed by atoms with Gasteiger partial charge in [0.25, 0.3) is 5.91 Å². The summed E-state index contributed by atoms with van der Waals surface area (Å²) in [6, 6.07) is 17.3. The van der Waals surface area contributed by atoms with Crippen molar-refractivity contribution in [2.45, 2.75) is 44.7 Å². The molecule has 9 nitrogen and oxygen atoms in total. The lowest BCUT2D eigenvalue weighted by Crippen LogP contribution is -2.35. The molecule has 1 aliphatic heterocycles. The molecule has 0 unspecified atom stereocenters. The number of hydrogen-bond donors (Lipinski definition) is 1. The smallest absolute Gasteiger partial charge is 0.254 e. The fourth-order valence-electron chi connectivity index (χ4n) is 5.04. The van der Waals surface area contributed by atoms with Crippen LogP contribution < -0.4 is 5.73 Å². The number of carbonyl (C=O) groups excluding carboxylic acids is 1. The molecule has 6 rings (SSSR count). The van der Waals surface area contributed by atoms with Gasteiger partial charge in [-0.2, -0.15) is 5.10 Å². The molecule has 5 aromatic rings. The van der Waals surface area contributed by atoms with E-state index < -0.39 is 5.54 Å². The Balaban J connectivity index is 1.35. The van der Waals surface area contributed by atoms with Crippen molar-refractivity contribution in [3.63, 3.8) is 0 Å². The van der Waals surface area contributed by atoms with E-state index in [9.17, 15) is 4.79 Å². The van der Waals surface area contributed by atoms with Crippen LogP contribution in [-0.4, -0.2) is 42.3 Å². The molecule has 0 radical (unpaired) electrons. The molecule has 4 heterocycles. The minimum Gasteiger partial charge on any atom is -0.419 e. The van der Waals surface area contributed by atoms with Crippen LogP contribution in [0.5, 0.6) is 0 Å². The van der Waals surface area contributed by atoms with E-state index in [1.807, 2.05) is 78.9 Å². The highest BCUT2D eigenvalue weighted by atomic mass is 32.1. The molecule has 198 valence electrons. The zero-order chi connectivity index (χ0) is 27.0. The molecule has 0 saturated carbocycles. The second kappa shape index (κ2) is 10.2. The highest BCUT2D eigenvalue weighted by molar-refractivity contribution is 7.09. The van der Waals surface area contributed by atoms with Crippen LogP contribution in [0.1, 0.15) is 58.3 Å². The summed E-state index contributed by atoms with van der Waals surface area (Å²) in [6.45, 7) is 4.53. The Morgan fingerprint density at radius 1 is 1.18 bits per heavy atom. The number of aromatic nitrogens is 5. The van der Waals surface area contributed by atoms with Crippen molar-refractivity contribution in [2.24, 2.45) is 5.73 Å². The second-order valence-electron chi connectivity index (χ2n) is 10.2. The summed E-state index contributed by atoms with van der Waals surface area (Å²) in [5, 5.41) is 16.0. The quantitative estimate of drug-likeness (QED) is 0.307. The lowest BCUT2D eigenvalue weighted by atomic mass is 9.94. The van der Waals surface area contributed by atoms with E-state index in [4.69, 9.17) is 10.2 Å². The molecule has 10 heteroatoms. The molecule has 3 aromatic heterocycles. The summed E-state index contributed by atoms with van der Waals surface area (Å²) < 4.78 is 7.84. The molecule has 2 N–H and O–H groups in total. The van der Waals surface area contributed by atoms with Gasteiger partial charge in [0.1, 0.15) is 5.01 Å². The van der Waals surface area contributed by atoms with Gasteiger partial charge in [0.15, 0.2) is 0 Å². The lowest BCUT2D eigenvalue weighted by Gasteiger charge is -2.23. The van der Waals surface area contributed by atoms with Gasteiger partial charge < -0.3 is 15.1 Å². The highest BCUT2D eigenvalue weighted by Gasteiger charge is 2.33. The van der Waals surface area contributed by atoms with Crippen molar-refractivity contribution in [3.8, 4) is 17.1 Å². The average Bonchev–Trinajstić information content (AvgIpc) is 3.74. The number of benzene rings is 2. The monoisotopic (exact) mass is 539 g/mol. The summed E-state index contributed by atoms with van der Waals surface area (Å²) in [5.74, 6) is 0.567. The van der Waals surface area contributed by atoms with Crippen LogP contribution in [0.3, 0.4) is 0 Å². The molecule has 1 aliphatic rings. The van der Waals surface area contributed by atoms with Crippen LogP contribution in [0.25, 0.3) is 17.1 Å². The third-order valence-corrected chi connectivity index (χ3v) is 8.01. The van der Waals surface area contributed by atoms with Crippen molar-refractivity contribution in [2.75, 3.05) is 6.54 Å². The van der Waals surface area contributed by atoms with E-state index >= 15 is 0 Å². The van der Waals surface area contributed by atoms with Crippen molar-refractivity contribution < 1.29 is 9.21 Å². The van der Waals surface area contributed by atoms with E-state index in [-0.39, 0.29) is 11.9 Å². The number of carbonyl (C=O) groups is 1. The van der Waals surface area contributed by atoms with Gasteiger partial charge in [-0.15, -0.1) is 21.5 Å². The third-order valence-electron chi connectivity index (χ3n) is 6.94. The first-order valence-electron chi connectivity index (χ1n) is 12.9. The largest absolute Gasteiger partial charge is 0.419 e. The van der Waals surface area contributed by atoms with Crippen LogP contribution in [0, 0.1) is 6.92 Å². The number of thiazole rings is 1. The minimum atomic E-state index is -0.862.